The van der Waals surface area contributed by atoms with Crippen LogP contribution in [0, 0.1) is 18.3 Å². The first-order chi connectivity index (χ1) is 13.7. The van der Waals surface area contributed by atoms with Crippen LogP contribution in [0.3, 0.4) is 0 Å². The summed E-state index contributed by atoms with van der Waals surface area (Å²) in [5, 5.41) is 27.4. The molecule has 1 fully saturated rings. The summed E-state index contributed by atoms with van der Waals surface area (Å²) in [5.74, 6) is -1.03. The molecule has 2 atom stereocenters. The van der Waals surface area contributed by atoms with E-state index in [1.54, 1.807) is 6.07 Å². The number of likely N-dealkylation sites (tertiary alicyclic amines) is 1. The number of carbonyl (C=O) groups excluding carboxylic acids is 1. The number of carboxylic acid groups (broad SMARTS) is 1. The van der Waals surface area contributed by atoms with Gasteiger partial charge in [-0.3, -0.25) is 14.7 Å². The Balaban J connectivity index is 1.80. The van der Waals surface area contributed by atoms with Crippen LogP contribution >= 0.6 is 0 Å². The van der Waals surface area contributed by atoms with Crippen LogP contribution in [0.4, 0.5) is 0 Å². The fraction of sp³-hybridized carbons (Fsp3) is 0.500. The van der Waals surface area contributed by atoms with Gasteiger partial charge in [0.05, 0.1) is 11.8 Å². The van der Waals surface area contributed by atoms with Crippen LogP contribution in [0.1, 0.15) is 49.2 Å². The van der Waals surface area contributed by atoms with Crippen molar-refractivity contribution in [3.8, 4) is 11.3 Å². The molecule has 0 unspecified atom stereocenters. The van der Waals surface area contributed by atoms with E-state index in [-0.39, 0.29) is 18.9 Å². The first-order valence-corrected chi connectivity index (χ1v) is 10.1. The second-order valence-corrected chi connectivity index (χ2v) is 8.46. The maximum Gasteiger partial charge on any atom is 0.314 e. The van der Waals surface area contributed by atoms with Crippen LogP contribution < -0.4 is 0 Å². The summed E-state index contributed by atoms with van der Waals surface area (Å²) in [6.45, 7) is 6.35. The van der Waals surface area contributed by atoms with E-state index in [0.29, 0.717) is 36.7 Å². The molecule has 7 heteroatoms. The van der Waals surface area contributed by atoms with E-state index in [4.69, 9.17) is 0 Å². The summed E-state index contributed by atoms with van der Waals surface area (Å²) < 4.78 is 0. The van der Waals surface area contributed by atoms with E-state index in [1.807, 2.05) is 45.0 Å². The highest BCUT2D eigenvalue weighted by atomic mass is 16.4. The monoisotopic (exact) mass is 399 g/mol. The van der Waals surface area contributed by atoms with Gasteiger partial charge in [-0.1, -0.05) is 43.7 Å². The molecule has 2 heterocycles. The summed E-state index contributed by atoms with van der Waals surface area (Å²) in [4.78, 5) is 26.7. The lowest BCUT2D eigenvalue weighted by atomic mass is 9.72. The fourth-order valence-corrected chi connectivity index (χ4v) is 3.84. The number of nitrogens with one attached hydrogen (secondary N) is 1. The average molecular weight is 399 g/mol. The molecular weight excluding hydrogens is 370 g/mol. The first kappa shape index (κ1) is 21.0. The molecule has 1 saturated heterocycles. The first-order valence-electron chi connectivity index (χ1n) is 10.1. The molecule has 0 saturated carbocycles. The predicted molar refractivity (Wildman–Crippen MR) is 109 cm³/mol. The number of benzene rings is 1. The molecule has 1 amide bonds. The van der Waals surface area contributed by atoms with Gasteiger partial charge in [-0.2, -0.15) is 5.10 Å². The highest BCUT2D eigenvalue weighted by molar-refractivity contribution is 5.94. The van der Waals surface area contributed by atoms with Crippen molar-refractivity contribution in [1.29, 1.82) is 0 Å². The molecule has 0 aliphatic carbocycles. The molecule has 0 spiro atoms. The Labute approximate surface area is 170 Å². The van der Waals surface area contributed by atoms with Crippen LogP contribution in [0.2, 0.25) is 0 Å². The topological polar surface area (TPSA) is 107 Å². The summed E-state index contributed by atoms with van der Waals surface area (Å²) in [7, 11) is 0. The zero-order valence-electron chi connectivity index (χ0n) is 17.2. The standard InChI is InChI=1S/C22H29N3O4/c1-14(2)8-10-22(21(28)29)13-25(11-9-19(22)26)20(27)18-12-17(23-24-18)16-6-4-15(3)5-7-16/h4-7,12,14,19,26H,8-11,13H2,1-3H3,(H,23,24)(H,28,29)/t19-,22-/m1/s1. The van der Waals surface area contributed by atoms with Gasteiger partial charge in [0.25, 0.3) is 5.91 Å². The van der Waals surface area contributed by atoms with Crippen molar-refractivity contribution in [3.05, 3.63) is 41.6 Å². The molecule has 3 rings (SSSR count). The van der Waals surface area contributed by atoms with E-state index in [2.05, 4.69) is 10.2 Å². The number of aromatic nitrogens is 2. The van der Waals surface area contributed by atoms with Crippen molar-refractivity contribution in [3.63, 3.8) is 0 Å². The van der Waals surface area contributed by atoms with Gasteiger partial charge in [-0.15, -0.1) is 0 Å². The van der Waals surface area contributed by atoms with Crippen LogP contribution in [0.15, 0.2) is 30.3 Å². The number of nitrogens with zero attached hydrogens (tertiary/aromatic N) is 2. The summed E-state index contributed by atoms with van der Waals surface area (Å²) >= 11 is 0. The van der Waals surface area contributed by atoms with Gasteiger partial charge in [-0.25, -0.2) is 0 Å². The molecule has 1 aliphatic heterocycles. The van der Waals surface area contributed by atoms with E-state index in [9.17, 15) is 19.8 Å². The number of aliphatic hydroxyl groups excluding tert-OH is 1. The Bertz CT molecular complexity index is 874. The van der Waals surface area contributed by atoms with Gasteiger partial charge in [0.1, 0.15) is 11.1 Å². The van der Waals surface area contributed by atoms with Crippen molar-refractivity contribution in [2.24, 2.45) is 11.3 Å². The molecule has 7 nitrogen and oxygen atoms in total. The van der Waals surface area contributed by atoms with Crippen molar-refractivity contribution in [2.75, 3.05) is 13.1 Å². The number of hydrogen-bond donors (Lipinski definition) is 3. The third-order valence-electron chi connectivity index (χ3n) is 5.82. The van der Waals surface area contributed by atoms with Crippen LogP contribution in [-0.4, -0.2) is 56.4 Å². The zero-order valence-corrected chi connectivity index (χ0v) is 17.2. The molecule has 1 aromatic heterocycles. The second kappa shape index (κ2) is 8.37. The smallest absolute Gasteiger partial charge is 0.314 e. The fourth-order valence-electron chi connectivity index (χ4n) is 3.84. The van der Waals surface area contributed by atoms with Gasteiger partial charge < -0.3 is 15.1 Å². The van der Waals surface area contributed by atoms with Crippen molar-refractivity contribution >= 4 is 11.9 Å². The van der Waals surface area contributed by atoms with E-state index in [0.717, 1.165) is 11.1 Å². The highest BCUT2D eigenvalue weighted by Crippen LogP contribution is 2.37. The molecule has 1 aliphatic rings. The number of carboxylic acids is 1. The molecule has 29 heavy (non-hydrogen) atoms. The molecule has 1 aromatic carbocycles. The third kappa shape index (κ3) is 4.34. The minimum absolute atomic E-state index is 0.00601. The van der Waals surface area contributed by atoms with Crippen molar-refractivity contribution < 1.29 is 19.8 Å². The lowest BCUT2D eigenvalue weighted by Gasteiger charge is -2.43. The normalized spacial score (nSPS) is 22.1. The predicted octanol–water partition coefficient (Wildman–Crippen LogP) is 3.10. The van der Waals surface area contributed by atoms with Crippen molar-refractivity contribution in [1.82, 2.24) is 15.1 Å². The quantitative estimate of drug-likeness (QED) is 0.692. The second-order valence-electron chi connectivity index (χ2n) is 8.46. The number of aryl methyl sites for hydroxylation is 1. The molecule has 0 radical (unpaired) electrons. The summed E-state index contributed by atoms with van der Waals surface area (Å²) in [6, 6.07) is 9.53. The zero-order chi connectivity index (χ0) is 21.2. The minimum atomic E-state index is -1.34. The van der Waals surface area contributed by atoms with Crippen LogP contribution in [-0.2, 0) is 4.79 Å². The Kier molecular flexibility index (Phi) is 6.07. The average Bonchev–Trinajstić information content (AvgIpc) is 3.17. The Morgan fingerprint density at radius 3 is 2.62 bits per heavy atom. The largest absolute Gasteiger partial charge is 0.481 e. The molecule has 0 bridgehead atoms. The number of aromatic amines is 1. The molecule has 156 valence electrons. The van der Waals surface area contributed by atoms with Gasteiger partial charge >= 0.3 is 5.97 Å². The molecule has 3 N–H and O–H groups in total. The number of piperidine rings is 1. The third-order valence-corrected chi connectivity index (χ3v) is 5.82. The van der Waals surface area contributed by atoms with Crippen molar-refractivity contribution in [2.45, 2.75) is 46.1 Å². The number of hydrogen-bond acceptors (Lipinski definition) is 4. The van der Waals surface area contributed by atoms with Crippen LogP contribution in [0.25, 0.3) is 11.3 Å². The highest BCUT2D eigenvalue weighted by Gasteiger charge is 2.50. The Hall–Kier alpha value is -2.67. The Morgan fingerprint density at radius 2 is 2.00 bits per heavy atom. The van der Waals surface area contributed by atoms with Gasteiger partial charge in [-0.05, 0) is 38.2 Å². The van der Waals surface area contributed by atoms with E-state index in [1.165, 1.54) is 4.90 Å². The number of H-pyrrole nitrogens is 1. The number of aliphatic carboxylic acids is 1. The molecular formula is C22H29N3O4. The lowest BCUT2D eigenvalue weighted by Crippen LogP contribution is -2.57. The SMILES string of the molecule is Cc1ccc(-c2cc(C(=O)N3CC[C@@H](O)[C@](CCC(C)C)(C(=O)O)C3)[nH]n2)cc1. The van der Waals surface area contributed by atoms with E-state index >= 15 is 0 Å². The molecule has 2 aromatic rings. The van der Waals surface area contributed by atoms with Gasteiger partial charge in [0.2, 0.25) is 0 Å². The van der Waals surface area contributed by atoms with Gasteiger partial charge in [0, 0.05) is 18.7 Å². The number of rotatable bonds is 6. The number of carbonyl (C=O) groups is 2. The minimum Gasteiger partial charge on any atom is -0.481 e. The summed E-state index contributed by atoms with van der Waals surface area (Å²) in [5.41, 5.74) is 1.68. The maximum absolute atomic E-state index is 13.0. The number of amides is 1. The summed E-state index contributed by atoms with van der Waals surface area (Å²) in [6.07, 6.45) is 0.290. The maximum atomic E-state index is 13.0. The number of aliphatic hydroxyl groups is 1. The Morgan fingerprint density at radius 1 is 1.31 bits per heavy atom. The lowest BCUT2D eigenvalue weighted by molar-refractivity contribution is -0.163. The van der Waals surface area contributed by atoms with E-state index < -0.39 is 17.5 Å². The van der Waals surface area contributed by atoms with Crippen LogP contribution in [0.5, 0.6) is 0 Å². The van der Waals surface area contributed by atoms with Gasteiger partial charge in [0.15, 0.2) is 0 Å².